The highest BCUT2D eigenvalue weighted by molar-refractivity contribution is 5.79. The number of aromatic hydroxyl groups is 1. The van der Waals surface area contributed by atoms with Gasteiger partial charge in [0.1, 0.15) is 5.75 Å². The van der Waals surface area contributed by atoms with Crippen LogP contribution in [0.15, 0.2) is 18.2 Å². The summed E-state index contributed by atoms with van der Waals surface area (Å²) in [5.41, 5.74) is 2.34. The molecule has 1 atom stereocenters. The first-order valence-electron chi connectivity index (χ1n) is 7.04. The van der Waals surface area contributed by atoms with Crippen molar-refractivity contribution in [2.24, 2.45) is 5.92 Å². The van der Waals surface area contributed by atoms with E-state index in [1.165, 1.54) is 5.56 Å². The van der Waals surface area contributed by atoms with E-state index >= 15 is 0 Å². The Kier molecular flexibility index (Phi) is 3.42. The van der Waals surface area contributed by atoms with Crippen LogP contribution in [-0.4, -0.2) is 35.5 Å². The van der Waals surface area contributed by atoms with Gasteiger partial charge in [0, 0.05) is 19.6 Å². The minimum atomic E-state index is 0.132. The molecule has 2 N–H and O–H groups in total. The molecule has 102 valence electrons. The largest absolute Gasteiger partial charge is 0.508 e. The SMILES string of the molecule is O=C(C1CCCNC1)N1CCc2ccc(O)cc2C1. The van der Waals surface area contributed by atoms with E-state index < -0.39 is 0 Å². The second-order valence-corrected chi connectivity index (χ2v) is 5.51. The number of carbonyl (C=O) groups is 1. The lowest BCUT2D eigenvalue weighted by Crippen LogP contribution is -2.44. The van der Waals surface area contributed by atoms with E-state index in [1.807, 2.05) is 11.0 Å². The van der Waals surface area contributed by atoms with Crippen LogP contribution in [0.2, 0.25) is 0 Å². The summed E-state index contributed by atoms with van der Waals surface area (Å²) in [4.78, 5) is 14.4. The zero-order chi connectivity index (χ0) is 13.2. The molecule has 0 bridgehead atoms. The molecule has 19 heavy (non-hydrogen) atoms. The first kappa shape index (κ1) is 12.5. The third kappa shape index (κ3) is 2.59. The summed E-state index contributed by atoms with van der Waals surface area (Å²) in [5.74, 6) is 0.682. The topological polar surface area (TPSA) is 52.6 Å². The van der Waals surface area contributed by atoms with E-state index in [9.17, 15) is 9.90 Å². The molecule has 0 saturated carbocycles. The average molecular weight is 260 g/mol. The quantitative estimate of drug-likeness (QED) is 0.799. The van der Waals surface area contributed by atoms with Crippen molar-refractivity contribution in [2.45, 2.75) is 25.8 Å². The molecule has 2 aliphatic rings. The number of benzene rings is 1. The van der Waals surface area contributed by atoms with Gasteiger partial charge in [-0.15, -0.1) is 0 Å². The number of phenolic OH excluding ortho intramolecular Hbond substituents is 1. The second-order valence-electron chi connectivity index (χ2n) is 5.51. The van der Waals surface area contributed by atoms with Crippen LogP contribution in [0, 0.1) is 5.92 Å². The fourth-order valence-corrected chi connectivity index (χ4v) is 3.05. The first-order valence-corrected chi connectivity index (χ1v) is 7.04. The van der Waals surface area contributed by atoms with Crippen molar-refractivity contribution in [3.8, 4) is 5.75 Å². The number of phenols is 1. The van der Waals surface area contributed by atoms with Gasteiger partial charge < -0.3 is 15.3 Å². The van der Waals surface area contributed by atoms with Crippen LogP contribution in [-0.2, 0) is 17.8 Å². The average Bonchev–Trinajstić information content (AvgIpc) is 2.46. The molecule has 2 aliphatic heterocycles. The fraction of sp³-hybridized carbons (Fsp3) is 0.533. The molecule has 1 fully saturated rings. The molecule has 0 aliphatic carbocycles. The minimum absolute atomic E-state index is 0.132. The minimum Gasteiger partial charge on any atom is -0.508 e. The Morgan fingerprint density at radius 2 is 2.26 bits per heavy atom. The number of rotatable bonds is 1. The van der Waals surface area contributed by atoms with E-state index in [4.69, 9.17) is 0 Å². The predicted octanol–water partition coefficient (Wildman–Crippen LogP) is 1.28. The summed E-state index contributed by atoms with van der Waals surface area (Å²) in [5, 5.41) is 12.8. The Hall–Kier alpha value is -1.55. The normalized spacial score (nSPS) is 22.9. The lowest BCUT2D eigenvalue weighted by molar-refractivity contribution is -0.137. The fourth-order valence-electron chi connectivity index (χ4n) is 3.05. The van der Waals surface area contributed by atoms with Crippen LogP contribution in [0.1, 0.15) is 24.0 Å². The maximum atomic E-state index is 12.5. The van der Waals surface area contributed by atoms with Gasteiger partial charge in [-0.25, -0.2) is 0 Å². The number of hydrogen-bond donors (Lipinski definition) is 2. The highest BCUT2D eigenvalue weighted by Gasteiger charge is 2.28. The van der Waals surface area contributed by atoms with Crippen molar-refractivity contribution in [1.82, 2.24) is 10.2 Å². The summed E-state index contributed by atoms with van der Waals surface area (Å²) in [6, 6.07) is 5.48. The van der Waals surface area contributed by atoms with Crippen molar-refractivity contribution in [1.29, 1.82) is 0 Å². The molecule has 4 nitrogen and oxygen atoms in total. The molecule has 3 rings (SSSR count). The van der Waals surface area contributed by atoms with Crippen LogP contribution >= 0.6 is 0 Å². The van der Waals surface area contributed by atoms with E-state index in [0.717, 1.165) is 44.5 Å². The van der Waals surface area contributed by atoms with Crippen LogP contribution < -0.4 is 5.32 Å². The molecule has 1 unspecified atom stereocenters. The molecule has 1 aromatic rings. The first-order chi connectivity index (χ1) is 9.24. The third-order valence-corrected chi connectivity index (χ3v) is 4.16. The molecule has 0 radical (unpaired) electrons. The van der Waals surface area contributed by atoms with Crippen molar-refractivity contribution in [2.75, 3.05) is 19.6 Å². The summed E-state index contributed by atoms with van der Waals surface area (Å²) in [6.07, 6.45) is 2.97. The smallest absolute Gasteiger partial charge is 0.227 e. The number of nitrogens with zero attached hydrogens (tertiary/aromatic N) is 1. The number of nitrogens with one attached hydrogen (secondary N) is 1. The lowest BCUT2D eigenvalue weighted by Gasteiger charge is -2.33. The molecule has 2 heterocycles. The van der Waals surface area contributed by atoms with Crippen molar-refractivity contribution < 1.29 is 9.90 Å². The van der Waals surface area contributed by atoms with E-state index in [2.05, 4.69) is 5.32 Å². The van der Waals surface area contributed by atoms with Crippen molar-refractivity contribution in [3.63, 3.8) is 0 Å². The van der Waals surface area contributed by atoms with Gasteiger partial charge in [-0.05, 0) is 49.1 Å². The number of piperidine rings is 1. The second kappa shape index (κ2) is 5.21. The summed E-state index contributed by atoms with van der Waals surface area (Å²) in [6.45, 7) is 3.27. The van der Waals surface area contributed by atoms with Gasteiger partial charge >= 0.3 is 0 Å². The standard InChI is InChI=1S/C15H20N2O2/c18-14-4-3-11-5-7-17(10-13(11)8-14)15(19)12-2-1-6-16-9-12/h3-4,8,12,16,18H,1-2,5-7,9-10H2. The maximum Gasteiger partial charge on any atom is 0.227 e. The summed E-state index contributed by atoms with van der Waals surface area (Å²) < 4.78 is 0. The molecular formula is C15H20N2O2. The van der Waals surface area contributed by atoms with Crippen LogP contribution in [0.4, 0.5) is 0 Å². The van der Waals surface area contributed by atoms with E-state index in [-0.39, 0.29) is 17.6 Å². The maximum absolute atomic E-state index is 12.5. The molecule has 0 spiro atoms. The third-order valence-electron chi connectivity index (χ3n) is 4.16. The van der Waals surface area contributed by atoms with Gasteiger partial charge in [-0.3, -0.25) is 4.79 Å². The van der Waals surface area contributed by atoms with Crippen LogP contribution in [0.25, 0.3) is 0 Å². The highest BCUT2D eigenvalue weighted by Crippen LogP contribution is 2.25. The number of fused-ring (bicyclic) bond motifs is 1. The van der Waals surface area contributed by atoms with Gasteiger partial charge in [0.15, 0.2) is 0 Å². The Morgan fingerprint density at radius 3 is 3.05 bits per heavy atom. The van der Waals surface area contributed by atoms with Gasteiger partial charge in [-0.1, -0.05) is 6.07 Å². The predicted molar refractivity (Wildman–Crippen MR) is 72.8 cm³/mol. The molecule has 1 saturated heterocycles. The monoisotopic (exact) mass is 260 g/mol. The lowest BCUT2D eigenvalue weighted by atomic mass is 9.95. The van der Waals surface area contributed by atoms with Crippen molar-refractivity contribution in [3.05, 3.63) is 29.3 Å². The Labute approximate surface area is 113 Å². The number of amides is 1. The highest BCUT2D eigenvalue weighted by atomic mass is 16.3. The Bertz CT molecular complexity index is 481. The zero-order valence-corrected chi connectivity index (χ0v) is 11.1. The summed E-state index contributed by atoms with van der Waals surface area (Å²) in [7, 11) is 0. The molecular weight excluding hydrogens is 240 g/mol. The van der Waals surface area contributed by atoms with Crippen LogP contribution in [0.5, 0.6) is 5.75 Å². The van der Waals surface area contributed by atoms with Gasteiger partial charge in [0.2, 0.25) is 5.91 Å². The summed E-state index contributed by atoms with van der Waals surface area (Å²) >= 11 is 0. The molecule has 0 aromatic heterocycles. The van der Waals surface area contributed by atoms with Gasteiger partial charge in [0.05, 0.1) is 5.92 Å². The Morgan fingerprint density at radius 1 is 1.37 bits per heavy atom. The molecule has 1 aromatic carbocycles. The zero-order valence-electron chi connectivity index (χ0n) is 11.1. The van der Waals surface area contributed by atoms with E-state index in [0.29, 0.717) is 6.54 Å². The van der Waals surface area contributed by atoms with E-state index in [1.54, 1.807) is 12.1 Å². The number of hydrogen-bond acceptors (Lipinski definition) is 3. The Balaban J connectivity index is 1.72. The van der Waals surface area contributed by atoms with Gasteiger partial charge in [0.25, 0.3) is 0 Å². The molecule has 1 amide bonds. The van der Waals surface area contributed by atoms with Crippen molar-refractivity contribution >= 4 is 5.91 Å². The molecule has 4 heteroatoms. The van der Waals surface area contributed by atoms with Crippen LogP contribution in [0.3, 0.4) is 0 Å². The number of carbonyl (C=O) groups excluding carboxylic acids is 1. The van der Waals surface area contributed by atoms with Gasteiger partial charge in [-0.2, -0.15) is 0 Å².